The van der Waals surface area contributed by atoms with Crippen LogP contribution in [-0.4, -0.2) is 19.9 Å². The number of aryl methyl sites for hydroxylation is 4. The Morgan fingerprint density at radius 3 is 0.861 bits per heavy atom. The number of rotatable bonds is 10. The van der Waals surface area contributed by atoms with E-state index in [1.54, 1.807) is 24.8 Å². The van der Waals surface area contributed by atoms with E-state index in [1.807, 2.05) is 12.4 Å². The first-order chi connectivity index (χ1) is 38.0. The van der Waals surface area contributed by atoms with E-state index in [-0.39, 0.29) is 16.2 Å². The van der Waals surface area contributed by atoms with Gasteiger partial charge in [0.15, 0.2) is 11.6 Å². The van der Waals surface area contributed by atoms with E-state index in [4.69, 9.17) is 9.97 Å². The number of nitrogens with zero attached hydrogens (tertiary/aromatic N) is 6. The molecule has 3 aliphatic rings. The van der Waals surface area contributed by atoms with Gasteiger partial charge < -0.3 is 0 Å². The van der Waals surface area contributed by atoms with Crippen molar-refractivity contribution in [3.63, 3.8) is 0 Å². The number of aromatic nitrogens is 4. The summed E-state index contributed by atoms with van der Waals surface area (Å²) in [6.45, 7) is 22.7. The minimum absolute atomic E-state index is 0.162. The van der Waals surface area contributed by atoms with Crippen LogP contribution in [0.15, 0.2) is 183 Å². The molecule has 386 valence electrons. The Morgan fingerprint density at radius 1 is 0.304 bits per heavy atom. The molecule has 0 saturated carbocycles. The van der Waals surface area contributed by atoms with Gasteiger partial charge in [0.25, 0.3) is 0 Å². The second-order valence-electron chi connectivity index (χ2n) is 23.7. The van der Waals surface area contributed by atoms with Gasteiger partial charge in [0.05, 0.1) is 12.4 Å². The molecule has 0 bridgehead atoms. The number of fused-ring (bicyclic) bond motifs is 9. The van der Waals surface area contributed by atoms with Crippen molar-refractivity contribution in [2.45, 2.75) is 85.5 Å². The minimum Gasteiger partial charge on any atom is -0.294 e. The summed E-state index contributed by atoms with van der Waals surface area (Å²) in [5.74, 6) is 1.58. The van der Waals surface area contributed by atoms with E-state index in [0.717, 1.165) is 34.4 Å². The third-order valence-electron chi connectivity index (χ3n) is 17.0. The van der Waals surface area contributed by atoms with Gasteiger partial charge in [-0.25, -0.2) is 9.97 Å². The fraction of sp³-hybridized carbons (Fsp3) is 0.178. The second-order valence-corrected chi connectivity index (χ2v) is 23.7. The Labute approximate surface area is 465 Å². The van der Waals surface area contributed by atoms with E-state index in [2.05, 4.69) is 259 Å². The highest BCUT2D eigenvalue weighted by Crippen LogP contribution is 2.54. The quantitative estimate of drug-likeness (QED) is 0.127. The Bertz CT molecular complexity index is 3850. The molecule has 2 heterocycles. The highest BCUT2D eigenvalue weighted by molar-refractivity contribution is 5.90. The van der Waals surface area contributed by atoms with Crippen LogP contribution in [0.25, 0.3) is 57.7 Å². The molecule has 0 fully saturated rings. The SMILES string of the molecule is Cc1cc(C)cc(N(c2ccc3c(c2)C(C)(C)c2cc(/C=C/c4ccc5c(c4)C(C)(C)c4cc(/C=C/c6ccc7c(c6)C(C)(C)c6cc(N(c8cc(C)cc(C)c8)c8cnccn8)ccc6-7)ccc4-5)ccc2-3)c2cnccn2)c1. The van der Waals surface area contributed by atoms with E-state index >= 15 is 0 Å². The lowest BCUT2D eigenvalue weighted by Crippen LogP contribution is -2.17. The second kappa shape index (κ2) is 18.6. The molecule has 0 N–H and O–H groups in total. The van der Waals surface area contributed by atoms with Crippen LogP contribution >= 0.6 is 0 Å². The van der Waals surface area contributed by atoms with Gasteiger partial charge in [-0.3, -0.25) is 19.8 Å². The standard InChI is InChI=1S/C73H64N6/c1-45-31-46(2)34-55(33-45)78(69-43-74-27-29-76-69)53-19-25-61-59-23-17-51(39-65(59)72(7,8)67(61)41-53)13-11-49-15-21-57-58-22-16-50(38-64(58)71(5,6)63(57)37-49)12-14-52-18-24-60-62-26-20-54(42-68(62)73(9,10)66(60)40-52)79(70-44-75-28-30-77-70)56-35-47(3)32-48(4)36-56/h11-44H,1-10H3/b13-11+,14-12+. The van der Waals surface area contributed by atoms with E-state index in [1.165, 1.54) is 111 Å². The van der Waals surface area contributed by atoms with E-state index in [0.29, 0.717) is 0 Å². The highest BCUT2D eigenvalue weighted by atomic mass is 15.2. The Hall–Kier alpha value is -9.00. The average molecular weight is 1030 g/mol. The molecular weight excluding hydrogens is 961 g/mol. The molecule has 3 aliphatic carbocycles. The normalized spacial score (nSPS) is 14.7. The molecule has 0 unspecified atom stereocenters. The Morgan fingerprint density at radius 2 is 0.582 bits per heavy atom. The largest absolute Gasteiger partial charge is 0.294 e. The van der Waals surface area contributed by atoms with Gasteiger partial charge in [0.1, 0.15) is 0 Å². The number of hydrogen-bond acceptors (Lipinski definition) is 6. The van der Waals surface area contributed by atoms with Crippen molar-refractivity contribution >= 4 is 58.7 Å². The lowest BCUT2D eigenvalue weighted by atomic mass is 9.81. The smallest absolute Gasteiger partial charge is 0.156 e. The van der Waals surface area contributed by atoms with Crippen molar-refractivity contribution in [2.24, 2.45) is 0 Å². The molecule has 13 rings (SSSR count). The summed E-state index contributed by atoms with van der Waals surface area (Å²) in [5, 5.41) is 0. The zero-order valence-electron chi connectivity index (χ0n) is 46.8. The minimum atomic E-state index is -0.209. The maximum absolute atomic E-state index is 4.76. The lowest BCUT2D eigenvalue weighted by Gasteiger charge is -2.27. The molecule has 79 heavy (non-hydrogen) atoms. The van der Waals surface area contributed by atoms with Crippen LogP contribution in [0.5, 0.6) is 0 Å². The van der Waals surface area contributed by atoms with Crippen LogP contribution in [0.1, 0.15) is 119 Å². The Balaban J connectivity index is 0.733. The topological polar surface area (TPSA) is 58.0 Å². The monoisotopic (exact) mass is 1020 g/mol. The van der Waals surface area contributed by atoms with Crippen LogP contribution < -0.4 is 9.80 Å². The van der Waals surface area contributed by atoms with Crippen LogP contribution in [-0.2, 0) is 16.2 Å². The molecule has 8 aromatic carbocycles. The summed E-state index contributed by atoms with van der Waals surface area (Å²) in [4.78, 5) is 22.9. The predicted molar refractivity (Wildman–Crippen MR) is 329 cm³/mol. The fourth-order valence-corrected chi connectivity index (χ4v) is 13.1. The molecule has 0 radical (unpaired) electrons. The summed E-state index contributed by atoms with van der Waals surface area (Å²) in [6.07, 6.45) is 19.8. The molecule has 2 aromatic heterocycles. The highest BCUT2D eigenvalue weighted by Gasteiger charge is 2.39. The zero-order valence-corrected chi connectivity index (χ0v) is 46.8. The zero-order chi connectivity index (χ0) is 54.5. The van der Waals surface area contributed by atoms with Crippen molar-refractivity contribution in [1.29, 1.82) is 0 Å². The van der Waals surface area contributed by atoms with Gasteiger partial charge in [-0.15, -0.1) is 0 Å². The van der Waals surface area contributed by atoms with Gasteiger partial charge in [-0.2, -0.15) is 0 Å². The van der Waals surface area contributed by atoms with E-state index in [9.17, 15) is 0 Å². The van der Waals surface area contributed by atoms with Crippen LogP contribution in [0.4, 0.5) is 34.4 Å². The van der Waals surface area contributed by atoms with Crippen molar-refractivity contribution in [3.8, 4) is 33.4 Å². The first-order valence-corrected chi connectivity index (χ1v) is 27.5. The molecule has 6 nitrogen and oxygen atoms in total. The number of benzene rings is 8. The molecule has 0 amide bonds. The van der Waals surface area contributed by atoms with Crippen LogP contribution in [0.2, 0.25) is 0 Å². The first-order valence-electron chi connectivity index (χ1n) is 27.5. The van der Waals surface area contributed by atoms with Gasteiger partial charge >= 0.3 is 0 Å². The lowest BCUT2D eigenvalue weighted by molar-refractivity contribution is 0.660. The number of hydrogen-bond donors (Lipinski definition) is 0. The van der Waals surface area contributed by atoms with Crippen molar-refractivity contribution < 1.29 is 0 Å². The van der Waals surface area contributed by atoms with Crippen molar-refractivity contribution in [2.75, 3.05) is 9.80 Å². The fourth-order valence-electron chi connectivity index (χ4n) is 13.1. The average Bonchev–Trinajstić information content (AvgIpc) is 3.79. The van der Waals surface area contributed by atoms with Crippen molar-refractivity contribution in [3.05, 3.63) is 261 Å². The van der Waals surface area contributed by atoms with Crippen molar-refractivity contribution in [1.82, 2.24) is 19.9 Å². The molecular formula is C73H64N6. The van der Waals surface area contributed by atoms with Gasteiger partial charge in [0, 0.05) is 63.8 Å². The van der Waals surface area contributed by atoms with Crippen LogP contribution in [0.3, 0.4) is 0 Å². The van der Waals surface area contributed by atoms with Gasteiger partial charge in [-0.1, -0.05) is 163 Å². The molecule has 0 saturated heterocycles. The maximum Gasteiger partial charge on any atom is 0.156 e. The first kappa shape index (κ1) is 49.6. The third-order valence-corrected chi connectivity index (χ3v) is 17.0. The summed E-state index contributed by atoms with van der Waals surface area (Å²) >= 11 is 0. The summed E-state index contributed by atoms with van der Waals surface area (Å²) in [6, 6.07) is 55.0. The van der Waals surface area contributed by atoms with Gasteiger partial charge in [-0.05, 0) is 187 Å². The Kier molecular flexibility index (Phi) is 11.7. The molecule has 6 heteroatoms. The summed E-state index contributed by atoms with van der Waals surface area (Å²) < 4.78 is 0. The van der Waals surface area contributed by atoms with Crippen LogP contribution in [0, 0.1) is 27.7 Å². The predicted octanol–water partition coefficient (Wildman–Crippen LogP) is 18.7. The molecule has 0 atom stereocenters. The third kappa shape index (κ3) is 8.49. The molecule has 0 spiro atoms. The van der Waals surface area contributed by atoms with E-state index < -0.39 is 0 Å². The molecule has 10 aromatic rings. The summed E-state index contributed by atoms with van der Waals surface area (Å²) in [7, 11) is 0. The molecule has 0 aliphatic heterocycles. The summed E-state index contributed by atoms with van der Waals surface area (Å²) in [5.41, 5.74) is 29.1. The number of anilines is 6. The maximum atomic E-state index is 4.76. The van der Waals surface area contributed by atoms with Gasteiger partial charge in [0.2, 0.25) is 0 Å².